The molecule has 3 fully saturated rings. The Morgan fingerprint density at radius 3 is 2.25 bits per heavy atom. The van der Waals surface area contributed by atoms with E-state index in [2.05, 4.69) is 52.2 Å². The number of carboxylic acid groups (broad SMARTS) is 1. The number of nitrogens with one attached hydrogen (secondary N) is 2. The first-order valence-corrected chi connectivity index (χ1v) is 19.3. The van der Waals surface area contributed by atoms with E-state index in [1.807, 2.05) is 34.1 Å². The second kappa shape index (κ2) is 16.1. The summed E-state index contributed by atoms with van der Waals surface area (Å²) in [5.41, 5.74) is 5.81. The number of hydrogen-bond acceptors (Lipinski definition) is 7. The van der Waals surface area contributed by atoms with E-state index in [4.69, 9.17) is 5.11 Å². The number of amides is 3. The molecule has 3 N–H and O–H groups in total. The number of H-pyrrole nitrogens is 1. The van der Waals surface area contributed by atoms with Crippen LogP contribution in [-0.4, -0.2) is 128 Å². The molecule has 0 unspecified atom stereocenters. The number of likely N-dealkylation sites (tertiary alicyclic amines) is 2. The van der Waals surface area contributed by atoms with Crippen molar-refractivity contribution in [3.8, 4) is 0 Å². The van der Waals surface area contributed by atoms with Gasteiger partial charge in [-0.3, -0.25) is 28.9 Å². The Bertz CT molecular complexity index is 2000. The topological polar surface area (TPSA) is 147 Å². The number of imidazole rings is 1. The van der Waals surface area contributed by atoms with Gasteiger partial charge in [-0.1, -0.05) is 50.2 Å². The van der Waals surface area contributed by atoms with Gasteiger partial charge >= 0.3 is 17.7 Å². The van der Waals surface area contributed by atoms with Crippen molar-refractivity contribution >= 4 is 39.8 Å². The smallest absolute Gasteiger partial charge is 0.326 e. The molecule has 7 rings (SSSR count). The molecule has 0 spiro atoms. The van der Waals surface area contributed by atoms with Crippen LogP contribution in [0.2, 0.25) is 0 Å². The highest BCUT2D eigenvalue weighted by atomic mass is 16.4. The van der Waals surface area contributed by atoms with Crippen LogP contribution in [0.1, 0.15) is 62.3 Å². The van der Waals surface area contributed by atoms with Crippen LogP contribution in [0.5, 0.6) is 0 Å². The van der Waals surface area contributed by atoms with Gasteiger partial charge in [0, 0.05) is 76.2 Å². The largest absolute Gasteiger partial charge is 0.480 e. The molecule has 53 heavy (non-hydrogen) atoms. The third-order valence-electron chi connectivity index (χ3n) is 11.7. The van der Waals surface area contributed by atoms with Gasteiger partial charge in [-0.15, -0.1) is 0 Å². The summed E-state index contributed by atoms with van der Waals surface area (Å²) in [6.07, 6.45) is 6.94. The number of aryl methyl sites for hydroxylation is 2. The molecule has 0 saturated carbocycles. The van der Waals surface area contributed by atoms with Crippen LogP contribution in [-0.2, 0) is 28.9 Å². The molecule has 3 aliphatic heterocycles. The van der Waals surface area contributed by atoms with E-state index < -0.39 is 12.0 Å². The summed E-state index contributed by atoms with van der Waals surface area (Å²) < 4.78 is 1.79. The Labute approximate surface area is 309 Å². The number of piperidine rings is 2. The molecule has 282 valence electrons. The zero-order chi connectivity index (χ0) is 37.1. The van der Waals surface area contributed by atoms with Crippen LogP contribution in [0, 0.1) is 0 Å². The third kappa shape index (κ3) is 7.96. The maximum absolute atomic E-state index is 14.3. The first-order valence-electron chi connectivity index (χ1n) is 19.3. The van der Waals surface area contributed by atoms with Crippen molar-refractivity contribution in [1.29, 1.82) is 0 Å². The number of carbonyl (C=O) groups excluding carboxylic acids is 2. The van der Waals surface area contributed by atoms with E-state index in [-0.39, 0.29) is 30.2 Å². The number of carbonyl (C=O) groups is 3. The molecule has 3 aliphatic rings. The summed E-state index contributed by atoms with van der Waals surface area (Å²) in [6, 6.07) is 13.5. The fourth-order valence-corrected chi connectivity index (χ4v) is 8.72. The summed E-state index contributed by atoms with van der Waals surface area (Å²) in [6.45, 7) is 9.68. The molecule has 2 aromatic heterocycles. The number of carboxylic acids is 1. The van der Waals surface area contributed by atoms with Crippen LogP contribution in [0.25, 0.3) is 21.9 Å². The lowest BCUT2D eigenvalue weighted by Gasteiger charge is -2.43. The Balaban J connectivity index is 1.01. The average molecular weight is 725 g/mol. The second-order valence-electron chi connectivity index (χ2n) is 14.8. The van der Waals surface area contributed by atoms with Gasteiger partial charge in [-0.05, 0) is 61.3 Å². The quantitative estimate of drug-likeness (QED) is 0.225. The molecule has 13 nitrogen and oxygen atoms in total. The number of hydrogen-bond donors (Lipinski definition) is 3. The average Bonchev–Trinajstić information content (AvgIpc) is 3.53. The fourth-order valence-electron chi connectivity index (χ4n) is 8.72. The van der Waals surface area contributed by atoms with Gasteiger partial charge in [0.2, 0.25) is 5.91 Å². The minimum Gasteiger partial charge on any atom is -0.480 e. The molecule has 4 aromatic rings. The van der Waals surface area contributed by atoms with Crippen LogP contribution in [0.4, 0.5) is 4.79 Å². The lowest BCUT2D eigenvalue weighted by Crippen LogP contribution is -2.57. The Kier molecular flexibility index (Phi) is 11.1. The van der Waals surface area contributed by atoms with Gasteiger partial charge in [-0.2, -0.15) is 0 Å². The molecule has 3 saturated heterocycles. The molecule has 13 heteroatoms. The van der Waals surface area contributed by atoms with Crippen molar-refractivity contribution in [2.45, 2.75) is 76.9 Å². The number of aromatic nitrogens is 3. The highest BCUT2D eigenvalue weighted by molar-refractivity contribution is 6.01. The number of fused-ring (bicyclic) bond motifs is 3. The van der Waals surface area contributed by atoms with Crippen LogP contribution >= 0.6 is 0 Å². The monoisotopic (exact) mass is 724 g/mol. The number of pyridine rings is 1. The lowest BCUT2D eigenvalue weighted by atomic mass is 9.95. The van der Waals surface area contributed by atoms with Crippen molar-refractivity contribution in [2.75, 3.05) is 58.9 Å². The van der Waals surface area contributed by atoms with Crippen molar-refractivity contribution in [1.82, 2.24) is 39.5 Å². The van der Waals surface area contributed by atoms with Crippen LogP contribution in [0.15, 0.2) is 53.5 Å². The zero-order valence-corrected chi connectivity index (χ0v) is 30.9. The van der Waals surface area contributed by atoms with E-state index in [0.29, 0.717) is 51.5 Å². The normalized spacial score (nSPS) is 18.8. The number of urea groups is 1. The Morgan fingerprint density at radius 1 is 0.868 bits per heavy atom. The standard InChI is InChI=1S/C40H52N8O5/c1-3-28-10-9-27(23-29(28)4-2)24-34(38(51)46-15-11-30(12-16-46)45-21-19-44(20-22-45)26-36(49)50)42-39(52)47-17-13-31(14-18-47)48-35-25-41-33-8-6-5-7-32(33)37(35)43-40(48)53/h5-10,23,25,30-31,34H,3-4,11-22,24,26H2,1-2H3,(H,42,52)(H,43,53)(H,49,50)/t34-/m1/s1. The molecule has 0 bridgehead atoms. The number of piperazine rings is 1. The summed E-state index contributed by atoms with van der Waals surface area (Å²) >= 11 is 0. The summed E-state index contributed by atoms with van der Waals surface area (Å²) in [4.78, 5) is 68.2. The number of benzene rings is 2. The molecule has 0 aliphatic carbocycles. The molecule has 2 aromatic carbocycles. The third-order valence-corrected chi connectivity index (χ3v) is 11.7. The van der Waals surface area contributed by atoms with Gasteiger partial charge in [0.15, 0.2) is 0 Å². The molecular weight excluding hydrogens is 672 g/mol. The molecule has 5 heterocycles. The maximum atomic E-state index is 14.3. The van der Waals surface area contributed by atoms with Crippen molar-refractivity contribution < 1.29 is 19.5 Å². The highest BCUT2D eigenvalue weighted by Crippen LogP contribution is 2.28. The first kappa shape index (κ1) is 36.6. The van der Waals surface area contributed by atoms with Gasteiger partial charge < -0.3 is 25.2 Å². The van der Waals surface area contributed by atoms with Gasteiger partial charge in [-0.25, -0.2) is 9.59 Å². The first-order chi connectivity index (χ1) is 25.7. The summed E-state index contributed by atoms with van der Waals surface area (Å²) in [5.74, 6) is -0.849. The predicted molar refractivity (Wildman–Crippen MR) is 204 cm³/mol. The number of aliphatic carboxylic acids is 1. The van der Waals surface area contributed by atoms with Crippen LogP contribution < -0.4 is 11.0 Å². The summed E-state index contributed by atoms with van der Waals surface area (Å²) in [5, 5.41) is 13.2. The number of aromatic amines is 1. The Morgan fingerprint density at radius 2 is 1.55 bits per heavy atom. The van der Waals surface area contributed by atoms with Crippen molar-refractivity contribution in [3.05, 3.63) is 75.8 Å². The Hall–Kier alpha value is -4.75. The lowest BCUT2D eigenvalue weighted by molar-refractivity contribution is -0.138. The molecule has 0 radical (unpaired) electrons. The van der Waals surface area contributed by atoms with E-state index >= 15 is 0 Å². The van der Waals surface area contributed by atoms with E-state index in [1.165, 1.54) is 11.1 Å². The molecular formula is C40H52N8O5. The van der Waals surface area contributed by atoms with Gasteiger partial charge in [0.05, 0.1) is 29.3 Å². The minimum atomic E-state index is -0.794. The summed E-state index contributed by atoms with van der Waals surface area (Å²) in [7, 11) is 0. The van der Waals surface area contributed by atoms with Crippen molar-refractivity contribution in [2.24, 2.45) is 0 Å². The SMILES string of the molecule is CCc1ccc(C[C@@H](NC(=O)N2CCC(n3c(=O)[nH]c4c5ccccc5ncc43)CC2)C(=O)N2CCC(N3CCN(CC(=O)O)CC3)CC2)cc1CC. The van der Waals surface area contributed by atoms with Crippen LogP contribution in [0.3, 0.4) is 0 Å². The molecule has 1 atom stereocenters. The van der Waals surface area contributed by atoms with Gasteiger partial charge in [0.25, 0.3) is 0 Å². The minimum absolute atomic E-state index is 0.0550. The second-order valence-corrected chi connectivity index (χ2v) is 14.8. The number of nitrogens with zero attached hydrogens (tertiary/aromatic N) is 6. The fraction of sp³-hybridized carbons (Fsp3) is 0.525. The van der Waals surface area contributed by atoms with E-state index in [1.54, 1.807) is 15.7 Å². The zero-order valence-electron chi connectivity index (χ0n) is 30.9. The highest BCUT2D eigenvalue weighted by Gasteiger charge is 2.34. The van der Waals surface area contributed by atoms with E-state index in [0.717, 1.165) is 79.4 Å². The van der Waals surface area contributed by atoms with Crippen molar-refractivity contribution in [3.63, 3.8) is 0 Å². The van der Waals surface area contributed by atoms with Gasteiger partial charge in [0.1, 0.15) is 6.04 Å². The maximum Gasteiger partial charge on any atom is 0.326 e. The predicted octanol–water partition coefficient (Wildman–Crippen LogP) is 3.65. The number of rotatable bonds is 10. The number of para-hydroxylation sites is 1. The molecule has 3 amide bonds. The van der Waals surface area contributed by atoms with E-state index in [9.17, 15) is 19.2 Å².